The molecule has 0 fully saturated rings. The van der Waals surface area contributed by atoms with Gasteiger partial charge in [-0.15, -0.1) is 0 Å². The second-order valence-electron chi connectivity index (χ2n) is 6.27. The van der Waals surface area contributed by atoms with Gasteiger partial charge in [-0.05, 0) is 43.5 Å². The maximum Gasteiger partial charge on any atom is 0.303 e. The molecule has 0 heterocycles. The molecule has 2 rings (SSSR count). The first-order chi connectivity index (χ1) is 11.2. The summed E-state index contributed by atoms with van der Waals surface area (Å²) in [6.07, 6.45) is 0.117. The molecule has 0 atom stereocenters. The van der Waals surface area contributed by atoms with Crippen LogP contribution in [0.5, 0.6) is 0 Å². The van der Waals surface area contributed by atoms with Crippen molar-refractivity contribution in [1.82, 2.24) is 4.72 Å². The van der Waals surface area contributed by atoms with Crippen LogP contribution in [0.3, 0.4) is 0 Å². The van der Waals surface area contributed by atoms with Gasteiger partial charge in [-0.3, -0.25) is 4.79 Å². The summed E-state index contributed by atoms with van der Waals surface area (Å²) in [5.41, 5.74) is 1.10. The van der Waals surface area contributed by atoms with Gasteiger partial charge in [0.1, 0.15) is 0 Å². The zero-order valence-electron chi connectivity index (χ0n) is 13.7. The topological polar surface area (TPSA) is 83.5 Å². The molecule has 0 aliphatic heterocycles. The molecular weight excluding hydrogens is 326 g/mol. The Hall–Kier alpha value is -2.18. The molecule has 0 aliphatic carbocycles. The van der Waals surface area contributed by atoms with E-state index in [4.69, 9.17) is 5.11 Å². The highest BCUT2D eigenvalue weighted by atomic mass is 32.2. The summed E-state index contributed by atoms with van der Waals surface area (Å²) in [6.45, 7) is 3.34. The third-order valence-corrected chi connectivity index (χ3v) is 5.36. The maximum absolute atomic E-state index is 12.5. The van der Waals surface area contributed by atoms with Gasteiger partial charge in [0.25, 0.3) is 0 Å². The lowest BCUT2D eigenvalue weighted by molar-refractivity contribution is -0.137. The number of nitrogens with one attached hydrogen (secondary N) is 1. The largest absolute Gasteiger partial charge is 0.481 e. The number of carboxylic acid groups (broad SMARTS) is 1. The monoisotopic (exact) mass is 347 g/mol. The number of sulfonamides is 1. The predicted octanol–water partition coefficient (Wildman–Crippen LogP) is 3.28. The second kappa shape index (κ2) is 7.15. The Morgan fingerprint density at radius 3 is 2.08 bits per heavy atom. The molecule has 6 heteroatoms. The standard InChI is InChI=1S/C18H21NO4S/c1-18(2,13-12-17(20)21)19-24(22,23)16-10-8-15(9-11-16)14-6-4-3-5-7-14/h3-11,19H,12-13H2,1-2H3,(H,20,21). The van der Waals surface area contributed by atoms with Crippen molar-refractivity contribution in [3.05, 3.63) is 54.6 Å². The van der Waals surface area contributed by atoms with Gasteiger partial charge >= 0.3 is 5.97 Å². The van der Waals surface area contributed by atoms with Crippen molar-refractivity contribution < 1.29 is 18.3 Å². The van der Waals surface area contributed by atoms with Crippen molar-refractivity contribution in [2.75, 3.05) is 0 Å². The highest BCUT2D eigenvalue weighted by molar-refractivity contribution is 7.89. The molecule has 0 spiro atoms. The Morgan fingerprint density at radius 1 is 1.00 bits per heavy atom. The van der Waals surface area contributed by atoms with Crippen LogP contribution in [0.2, 0.25) is 0 Å². The van der Waals surface area contributed by atoms with Gasteiger partial charge in [-0.1, -0.05) is 42.5 Å². The number of carbonyl (C=O) groups is 1. The summed E-state index contributed by atoms with van der Waals surface area (Å²) in [5, 5.41) is 8.75. The van der Waals surface area contributed by atoms with E-state index in [2.05, 4.69) is 4.72 Å². The zero-order valence-corrected chi connectivity index (χ0v) is 14.5. The first-order valence-corrected chi connectivity index (χ1v) is 9.09. The van der Waals surface area contributed by atoms with Crippen LogP contribution in [-0.4, -0.2) is 25.0 Å². The third-order valence-electron chi connectivity index (χ3n) is 3.65. The van der Waals surface area contributed by atoms with E-state index in [-0.39, 0.29) is 17.7 Å². The number of rotatable bonds is 7. The normalized spacial score (nSPS) is 12.1. The molecule has 0 unspecified atom stereocenters. The van der Waals surface area contributed by atoms with Gasteiger partial charge in [-0.25, -0.2) is 13.1 Å². The molecule has 0 aromatic heterocycles. The van der Waals surface area contributed by atoms with Crippen LogP contribution in [0, 0.1) is 0 Å². The molecule has 0 bridgehead atoms. The SMILES string of the molecule is CC(C)(CCC(=O)O)NS(=O)(=O)c1ccc(-c2ccccc2)cc1. The third kappa shape index (κ3) is 4.91. The molecule has 2 aromatic carbocycles. The Morgan fingerprint density at radius 2 is 1.54 bits per heavy atom. The summed E-state index contributed by atoms with van der Waals surface area (Å²) in [7, 11) is -3.71. The van der Waals surface area contributed by atoms with Gasteiger partial charge in [0.15, 0.2) is 0 Å². The lowest BCUT2D eigenvalue weighted by atomic mass is 10.0. The fraction of sp³-hybridized carbons (Fsp3) is 0.278. The van der Waals surface area contributed by atoms with Crippen LogP contribution in [0.4, 0.5) is 0 Å². The van der Waals surface area contributed by atoms with Crippen molar-refractivity contribution >= 4 is 16.0 Å². The predicted molar refractivity (Wildman–Crippen MR) is 93.1 cm³/mol. The van der Waals surface area contributed by atoms with Gasteiger partial charge < -0.3 is 5.11 Å². The lowest BCUT2D eigenvalue weighted by Gasteiger charge is -2.25. The molecule has 0 radical (unpaired) electrons. The van der Waals surface area contributed by atoms with Crippen molar-refractivity contribution in [3.63, 3.8) is 0 Å². The number of benzene rings is 2. The van der Waals surface area contributed by atoms with Gasteiger partial charge in [-0.2, -0.15) is 0 Å². The van der Waals surface area contributed by atoms with Gasteiger partial charge in [0.2, 0.25) is 10.0 Å². The van der Waals surface area contributed by atoms with Crippen LogP contribution in [0.15, 0.2) is 59.5 Å². The molecule has 2 aromatic rings. The van der Waals surface area contributed by atoms with Crippen LogP contribution >= 0.6 is 0 Å². The molecule has 128 valence electrons. The minimum Gasteiger partial charge on any atom is -0.481 e. The highest BCUT2D eigenvalue weighted by Crippen LogP contribution is 2.22. The molecular formula is C18H21NO4S. The minimum atomic E-state index is -3.71. The molecule has 2 N–H and O–H groups in total. The van der Waals surface area contributed by atoms with Crippen LogP contribution in [0.25, 0.3) is 11.1 Å². The summed E-state index contributed by atoms with van der Waals surface area (Å²) in [5.74, 6) is -0.950. The van der Waals surface area contributed by atoms with E-state index < -0.39 is 21.5 Å². The number of hydrogen-bond acceptors (Lipinski definition) is 3. The number of carboxylic acids is 1. The van der Waals surface area contributed by atoms with Crippen LogP contribution in [-0.2, 0) is 14.8 Å². The summed E-state index contributed by atoms with van der Waals surface area (Å²) < 4.78 is 27.5. The van der Waals surface area contributed by atoms with E-state index in [0.717, 1.165) is 11.1 Å². The van der Waals surface area contributed by atoms with E-state index in [0.29, 0.717) is 0 Å². The average molecular weight is 347 g/mol. The lowest BCUT2D eigenvalue weighted by Crippen LogP contribution is -2.43. The Balaban J connectivity index is 2.16. The molecule has 0 saturated heterocycles. The molecule has 0 amide bonds. The highest BCUT2D eigenvalue weighted by Gasteiger charge is 2.26. The molecule has 5 nitrogen and oxygen atoms in total. The summed E-state index contributed by atoms with van der Waals surface area (Å²) in [6, 6.07) is 16.3. The Kier molecular flexibility index (Phi) is 5.41. The molecule has 0 saturated carbocycles. The van der Waals surface area contributed by atoms with E-state index in [1.165, 1.54) is 0 Å². The first-order valence-electron chi connectivity index (χ1n) is 7.61. The van der Waals surface area contributed by atoms with Crippen LogP contribution < -0.4 is 4.72 Å². The molecule has 24 heavy (non-hydrogen) atoms. The first kappa shape index (κ1) is 18.2. The van der Waals surface area contributed by atoms with E-state index in [9.17, 15) is 13.2 Å². The summed E-state index contributed by atoms with van der Waals surface area (Å²) >= 11 is 0. The number of hydrogen-bond donors (Lipinski definition) is 2. The van der Waals surface area contributed by atoms with Crippen molar-refractivity contribution in [2.45, 2.75) is 37.1 Å². The zero-order chi connectivity index (χ0) is 17.8. The van der Waals surface area contributed by atoms with E-state index in [1.807, 2.05) is 30.3 Å². The van der Waals surface area contributed by atoms with Crippen LogP contribution in [0.1, 0.15) is 26.7 Å². The molecule has 0 aliphatic rings. The second-order valence-corrected chi connectivity index (χ2v) is 7.96. The van der Waals surface area contributed by atoms with Crippen molar-refractivity contribution in [3.8, 4) is 11.1 Å². The van der Waals surface area contributed by atoms with Gasteiger partial charge in [0.05, 0.1) is 4.90 Å². The van der Waals surface area contributed by atoms with Crippen molar-refractivity contribution in [2.24, 2.45) is 0 Å². The quantitative estimate of drug-likeness (QED) is 0.805. The minimum absolute atomic E-state index is 0.0948. The Labute approximate surface area is 142 Å². The van der Waals surface area contributed by atoms with Gasteiger partial charge in [0, 0.05) is 12.0 Å². The fourth-order valence-corrected chi connectivity index (χ4v) is 3.79. The van der Waals surface area contributed by atoms with Crippen molar-refractivity contribution in [1.29, 1.82) is 0 Å². The average Bonchev–Trinajstić information content (AvgIpc) is 2.53. The van der Waals surface area contributed by atoms with E-state index in [1.54, 1.807) is 38.1 Å². The fourth-order valence-electron chi connectivity index (χ4n) is 2.35. The maximum atomic E-state index is 12.5. The van der Waals surface area contributed by atoms with E-state index >= 15 is 0 Å². The Bertz CT molecular complexity index is 797. The summed E-state index contributed by atoms with van der Waals surface area (Å²) in [4.78, 5) is 10.8. The number of aliphatic carboxylic acids is 1. The smallest absolute Gasteiger partial charge is 0.303 e.